The molecular weight excluding hydrogens is 432 g/mol. The number of carbonyl (C=O) groups is 3. The first-order valence-electron chi connectivity index (χ1n) is 11.7. The zero-order chi connectivity index (χ0) is 24.1. The molecule has 2 aliphatic carbocycles. The smallest absolute Gasteiger partial charge is 0.407 e. The van der Waals surface area contributed by atoms with Crippen molar-refractivity contribution in [2.24, 2.45) is 5.92 Å². The number of nitrogens with one attached hydrogen (secondary N) is 2. The molecule has 0 unspecified atom stereocenters. The highest BCUT2D eigenvalue weighted by Gasteiger charge is 2.31. The van der Waals surface area contributed by atoms with Crippen molar-refractivity contribution in [3.63, 3.8) is 0 Å². The number of hydrogen-bond acceptors (Lipinski definition) is 4. The number of ether oxygens (including phenoxy) is 1. The van der Waals surface area contributed by atoms with E-state index in [9.17, 15) is 14.4 Å². The Balaban J connectivity index is 1.29. The molecule has 0 saturated heterocycles. The first kappa shape index (κ1) is 23.5. The minimum absolute atomic E-state index is 0.00495. The first-order chi connectivity index (χ1) is 16.4. The van der Waals surface area contributed by atoms with E-state index >= 15 is 0 Å². The fourth-order valence-electron chi connectivity index (χ4n) is 4.90. The fourth-order valence-corrected chi connectivity index (χ4v) is 4.90. The predicted octanol–water partition coefficient (Wildman–Crippen LogP) is 4.23. The van der Waals surface area contributed by atoms with E-state index in [1.807, 2.05) is 24.3 Å². The average Bonchev–Trinajstić information content (AvgIpc) is 3.16. The third-order valence-electron chi connectivity index (χ3n) is 6.73. The summed E-state index contributed by atoms with van der Waals surface area (Å²) in [5.41, 5.74) is 4.89. The van der Waals surface area contributed by atoms with E-state index in [2.05, 4.69) is 34.9 Å². The summed E-state index contributed by atoms with van der Waals surface area (Å²) >= 11 is 0. The maximum Gasteiger partial charge on any atom is 0.407 e. The summed E-state index contributed by atoms with van der Waals surface area (Å²) in [4.78, 5) is 35.9. The Hall–Kier alpha value is -3.61. The molecule has 0 aromatic heterocycles. The molecule has 0 spiro atoms. The van der Waals surface area contributed by atoms with Crippen LogP contribution in [0.5, 0.6) is 0 Å². The predicted molar refractivity (Wildman–Crippen MR) is 128 cm³/mol. The SMILES string of the molecule is C/C(=C\CNC(=O)[C@@H]1CCC[C@H](NC(=O)OCC2c3ccccc3-c3ccccc32)C1)C(=O)O. The lowest BCUT2D eigenvalue weighted by atomic mass is 9.85. The molecule has 1 fully saturated rings. The van der Waals surface area contributed by atoms with Crippen molar-refractivity contribution in [3.05, 3.63) is 71.3 Å². The second-order valence-corrected chi connectivity index (χ2v) is 8.97. The molecule has 1 saturated carbocycles. The standard InChI is InChI=1S/C27H30N2O5/c1-17(26(31)32)13-14-28-25(30)18-7-6-8-19(15-18)29-27(33)34-16-24-22-11-4-2-9-20(22)21-10-3-5-12-23(21)24/h2-5,9-13,18-19,24H,6-8,14-16H2,1H3,(H,28,30)(H,29,33)(H,31,32)/b17-13+/t18-,19+/m1/s1. The molecule has 4 rings (SSSR count). The highest BCUT2D eigenvalue weighted by atomic mass is 16.5. The molecule has 2 amide bonds. The van der Waals surface area contributed by atoms with Crippen LogP contribution in [0.3, 0.4) is 0 Å². The Labute approximate surface area is 199 Å². The maximum absolute atomic E-state index is 12.6. The van der Waals surface area contributed by atoms with Gasteiger partial charge in [-0.05, 0) is 48.4 Å². The molecule has 2 aliphatic rings. The lowest BCUT2D eigenvalue weighted by Gasteiger charge is -2.28. The molecule has 0 radical (unpaired) electrons. The fraction of sp³-hybridized carbons (Fsp3) is 0.370. The van der Waals surface area contributed by atoms with Crippen molar-refractivity contribution >= 4 is 18.0 Å². The molecule has 0 heterocycles. The number of alkyl carbamates (subject to hydrolysis) is 1. The van der Waals surface area contributed by atoms with Crippen molar-refractivity contribution in [1.29, 1.82) is 0 Å². The third kappa shape index (κ3) is 5.30. The van der Waals surface area contributed by atoms with Gasteiger partial charge in [0.25, 0.3) is 0 Å². The Kier molecular flexibility index (Phi) is 7.30. The van der Waals surface area contributed by atoms with E-state index in [1.54, 1.807) is 0 Å². The maximum atomic E-state index is 12.6. The van der Waals surface area contributed by atoms with Crippen LogP contribution in [0, 0.1) is 5.92 Å². The number of aliphatic carboxylic acids is 1. The highest BCUT2D eigenvalue weighted by Crippen LogP contribution is 2.44. The average molecular weight is 463 g/mol. The van der Waals surface area contributed by atoms with Gasteiger partial charge in [0.2, 0.25) is 5.91 Å². The highest BCUT2D eigenvalue weighted by molar-refractivity contribution is 5.86. The molecule has 178 valence electrons. The van der Waals surface area contributed by atoms with Gasteiger partial charge in [-0.3, -0.25) is 4.79 Å². The van der Waals surface area contributed by atoms with E-state index in [-0.39, 0.29) is 42.5 Å². The molecule has 34 heavy (non-hydrogen) atoms. The van der Waals surface area contributed by atoms with Crippen LogP contribution < -0.4 is 10.6 Å². The monoisotopic (exact) mass is 462 g/mol. The Bertz CT molecular complexity index is 1060. The zero-order valence-corrected chi connectivity index (χ0v) is 19.3. The number of carbonyl (C=O) groups excluding carboxylic acids is 2. The number of rotatable bonds is 7. The molecule has 2 atom stereocenters. The van der Waals surface area contributed by atoms with E-state index < -0.39 is 12.1 Å². The van der Waals surface area contributed by atoms with Crippen molar-refractivity contribution in [2.75, 3.05) is 13.2 Å². The van der Waals surface area contributed by atoms with Gasteiger partial charge in [0.05, 0.1) is 0 Å². The molecule has 7 heteroatoms. The summed E-state index contributed by atoms with van der Waals surface area (Å²) in [7, 11) is 0. The van der Waals surface area contributed by atoms with Gasteiger partial charge in [0.15, 0.2) is 0 Å². The van der Waals surface area contributed by atoms with Crippen molar-refractivity contribution in [2.45, 2.75) is 44.6 Å². The van der Waals surface area contributed by atoms with E-state index in [1.165, 1.54) is 24.1 Å². The second kappa shape index (κ2) is 10.5. The van der Waals surface area contributed by atoms with Crippen LogP contribution in [0.1, 0.15) is 49.7 Å². The molecule has 3 N–H and O–H groups in total. The zero-order valence-electron chi connectivity index (χ0n) is 19.3. The normalized spacial score (nSPS) is 19.6. The minimum atomic E-state index is -1.00. The minimum Gasteiger partial charge on any atom is -0.478 e. The van der Waals surface area contributed by atoms with Crippen LogP contribution in [0.15, 0.2) is 60.2 Å². The van der Waals surface area contributed by atoms with Crippen LogP contribution in [-0.4, -0.2) is 42.3 Å². The van der Waals surface area contributed by atoms with Crippen LogP contribution in [-0.2, 0) is 14.3 Å². The van der Waals surface area contributed by atoms with Crippen molar-refractivity contribution < 1.29 is 24.2 Å². The van der Waals surface area contributed by atoms with Crippen LogP contribution in [0.2, 0.25) is 0 Å². The van der Waals surface area contributed by atoms with E-state index in [4.69, 9.17) is 9.84 Å². The molecule has 2 aromatic carbocycles. The Morgan fingerprint density at radius 2 is 1.68 bits per heavy atom. The van der Waals surface area contributed by atoms with Gasteiger partial charge >= 0.3 is 12.1 Å². The van der Waals surface area contributed by atoms with Gasteiger partial charge in [0, 0.05) is 30.0 Å². The number of amides is 2. The summed E-state index contributed by atoms with van der Waals surface area (Å²) in [6.45, 7) is 1.92. The quantitative estimate of drug-likeness (QED) is 0.534. The van der Waals surface area contributed by atoms with Crippen LogP contribution >= 0.6 is 0 Å². The number of fused-ring (bicyclic) bond motifs is 3. The van der Waals surface area contributed by atoms with Crippen molar-refractivity contribution in [3.8, 4) is 11.1 Å². The summed E-state index contributed by atoms with van der Waals surface area (Å²) in [6, 6.07) is 16.3. The molecule has 2 aromatic rings. The van der Waals surface area contributed by atoms with E-state index in [0.717, 1.165) is 30.4 Å². The number of benzene rings is 2. The van der Waals surface area contributed by atoms with Crippen LogP contribution in [0.4, 0.5) is 4.79 Å². The lowest BCUT2D eigenvalue weighted by Crippen LogP contribution is -2.43. The lowest BCUT2D eigenvalue weighted by molar-refractivity contribution is -0.132. The summed E-state index contributed by atoms with van der Waals surface area (Å²) in [5.74, 6) is -1.33. The van der Waals surface area contributed by atoms with Gasteiger partial charge in [-0.2, -0.15) is 0 Å². The van der Waals surface area contributed by atoms with E-state index in [0.29, 0.717) is 6.42 Å². The second-order valence-electron chi connectivity index (χ2n) is 8.97. The van der Waals surface area contributed by atoms with Crippen molar-refractivity contribution in [1.82, 2.24) is 10.6 Å². The third-order valence-corrected chi connectivity index (χ3v) is 6.73. The first-order valence-corrected chi connectivity index (χ1v) is 11.7. The van der Waals surface area contributed by atoms with Gasteiger partial charge in [-0.15, -0.1) is 0 Å². The molecule has 7 nitrogen and oxygen atoms in total. The largest absolute Gasteiger partial charge is 0.478 e. The molecule has 0 aliphatic heterocycles. The van der Waals surface area contributed by atoms with Gasteiger partial charge in [-0.25, -0.2) is 9.59 Å². The van der Waals surface area contributed by atoms with Gasteiger partial charge in [-0.1, -0.05) is 61.0 Å². The van der Waals surface area contributed by atoms with Crippen LogP contribution in [0.25, 0.3) is 11.1 Å². The topological polar surface area (TPSA) is 105 Å². The number of hydrogen-bond donors (Lipinski definition) is 3. The number of carboxylic acids is 1. The summed E-state index contributed by atoms with van der Waals surface area (Å²) in [6.07, 6.45) is 3.93. The molecule has 0 bridgehead atoms. The van der Waals surface area contributed by atoms with Gasteiger partial charge < -0.3 is 20.5 Å². The summed E-state index contributed by atoms with van der Waals surface area (Å²) in [5, 5.41) is 14.6. The number of carboxylic acid groups (broad SMARTS) is 1. The Morgan fingerprint density at radius 1 is 1.03 bits per heavy atom. The summed E-state index contributed by atoms with van der Waals surface area (Å²) < 4.78 is 5.64. The Morgan fingerprint density at radius 3 is 2.32 bits per heavy atom. The molecular formula is C27H30N2O5. The van der Waals surface area contributed by atoms with Gasteiger partial charge in [0.1, 0.15) is 6.61 Å².